The molecule has 0 saturated heterocycles. The highest BCUT2D eigenvalue weighted by atomic mass is 32.2. The van der Waals surface area contributed by atoms with Crippen LogP contribution in [0.25, 0.3) is 0 Å². The molecule has 0 radical (unpaired) electrons. The van der Waals surface area contributed by atoms with E-state index in [1.54, 1.807) is 0 Å². The van der Waals surface area contributed by atoms with Gasteiger partial charge in [-0.3, -0.25) is 4.90 Å². The molecule has 1 fully saturated rings. The molecule has 3 atom stereocenters. The van der Waals surface area contributed by atoms with Crippen molar-refractivity contribution in [3.8, 4) is 0 Å². The standard InChI is InChI=1S/C15H32N2O2S/c1-6-17(7-2)15(3,4)14(16)12-9-8-10-13(11-12)20(5,18)19/h12-14H,6-11,16H2,1-5H3. The first-order valence-corrected chi connectivity index (χ1v) is 9.79. The SMILES string of the molecule is CCN(CC)C(C)(C)C(N)C1CCCC(S(C)(=O)=O)C1. The largest absolute Gasteiger partial charge is 0.326 e. The number of nitrogens with zero attached hydrogens (tertiary/aromatic N) is 1. The molecule has 0 aromatic rings. The van der Waals surface area contributed by atoms with Crippen molar-refractivity contribution in [3.63, 3.8) is 0 Å². The summed E-state index contributed by atoms with van der Waals surface area (Å²) in [6.07, 6.45) is 4.92. The van der Waals surface area contributed by atoms with Crippen molar-refractivity contribution in [1.29, 1.82) is 0 Å². The third-order valence-corrected chi connectivity index (χ3v) is 6.81. The van der Waals surface area contributed by atoms with Crippen LogP contribution in [0.5, 0.6) is 0 Å². The Labute approximate surface area is 125 Å². The average molecular weight is 304 g/mol. The Morgan fingerprint density at radius 3 is 2.25 bits per heavy atom. The van der Waals surface area contributed by atoms with E-state index in [1.165, 1.54) is 6.26 Å². The van der Waals surface area contributed by atoms with E-state index in [1.807, 2.05) is 0 Å². The lowest BCUT2D eigenvalue weighted by atomic mass is 9.76. The summed E-state index contributed by atoms with van der Waals surface area (Å²) in [7, 11) is -2.94. The molecule has 1 saturated carbocycles. The molecule has 0 bridgehead atoms. The molecule has 4 nitrogen and oxygen atoms in total. The van der Waals surface area contributed by atoms with Crippen LogP contribution in [-0.4, -0.2) is 49.5 Å². The summed E-state index contributed by atoms with van der Waals surface area (Å²) >= 11 is 0. The molecule has 0 amide bonds. The van der Waals surface area contributed by atoms with E-state index in [0.717, 1.165) is 38.8 Å². The maximum atomic E-state index is 11.8. The smallest absolute Gasteiger partial charge is 0.150 e. The lowest BCUT2D eigenvalue weighted by Gasteiger charge is -2.46. The number of hydrogen-bond donors (Lipinski definition) is 1. The molecule has 0 spiro atoms. The van der Waals surface area contributed by atoms with Gasteiger partial charge in [-0.1, -0.05) is 20.3 Å². The van der Waals surface area contributed by atoms with E-state index in [0.29, 0.717) is 5.92 Å². The van der Waals surface area contributed by atoms with Crippen molar-refractivity contribution in [2.75, 3.05) is 19.3 Å². The van der Waals surface area contributed by atoms with Crippen LogP contribution < -0.4 is 5.73 Å². The minimum atomic E-state index is -2.94. The molecule has 3 unspecified atom stereocenters. The minimum absolute atomic E-state index is 0.0203. The second kappa shape index (κ2) is 6.75. The van der Waals surface area contributed by atoms with Crippen molar-refractivity contribution < 1.29 is 8.42 Å². The fourth-order valence-corrected chi connectivity index (χ4v) is 4.91. The molecule has 2 N–H and O–H groups in total. The Hall–Kier alpha value is -0.130. The van der Waals surface area contributed by atoms with Crippen LogP contribution in [-0.2, 0) is 9.84 Å². The molecule has 0 aromatic carbocycles. The van der Waals surface area contributed by atoms with Crippen LogP contribution in [0.15, 0.2) is 0 Å². The van der Waals surface area contributed by atoms with Gasteiger partial charge in [-0.15, -0.1) is 0 Å². The van der Waals surface area contributed by atoms with Gasteiger partial charge in [0.1, 0.15) is 9.84 Å². The molecule has 1 aliphatic rings. The van der Waals surface area contributed by atoms with Crippen LogP contribution in [0, 0.1) is 5.92 Å². The van der Waals surface area contributed by atoms with Crippen LogP contribution >= 0.6 is 0 Å². The van der Waals surface area contributed by atoms with Gasteiger partial charge in [0.05, 0.1) is 5.25 Å². The van der Waals surface area contributed by atoms with Gasteiger partial charge in [-0.2, -0.15) is 0 Å². The number of sulfone groups is 1. The lowest BCUT2D eigenvalue weighted by Crippen LogP contribution is -2.59. The summed E-state index contributed by atoms with van der Waals surface area (Å²) in [6.45, 7) is 10.6. The number of nitrogens with two attached hydrogens (primary N) is 1. The third kappa shape index (κ3) is 3.95. The monoisotopic (exact) mass is 304 g/mol. The van der Waals surface area contributed by atoms with Crippen molar-refractivity contribution >= 4 is 9.84 Å². The van der Waals surface area contributed by atoms with Crippen molar-refractivity contribution in [2.45, 2.75) is 70.2 Å². The van der Waals surface area contributed by atoms with E-state index < -0.39 is 9.84 Å². The predicted octanol–water partition coefficient (Wildman–Crippen LogP) is 2.04. The molecule has 1 aliphatic carbocycles. The lowest BCUT2D eigenvalue weighted by molar-refractivity contribution is 0.0729. The zero-order valence-electron chi connectivity index (χ0n) is 13.7. The molecule has 5 heteroatoms. The molecule has 20 heavy (non-hydrogen) atoms. The van der Waals surface area contributed by atoms with Gasteiger partial charge in [-0.05, 0) is 52.1 Å². The van der Waals surface area contributed by atoms with Crippen molar-refractivity contribution in [2.24, 2.45) is 11.7 Å². The van der Waals surface area contributed by atoms with Gasteiger partial charge in [0.25, 0.3) is 0 Å². The highest BCUT2D eigenvalue weighted by molar-refractivity contribution is 7.91. The van der Waals surface area contributed by atoms with Gasteiger partial charge in [-0.25, -0.2) is 8.42 Å². The highest BCUT2D eigenvalue weighted by Crippen LogP contribution is 2.34. The normalized spacial score (nSPS) is 26.8. The minimum Gasteiger partial charge on any atom is -0.326 e. The van der Waals surface area contributed by atoms with Gasteiger partial charge in [0, 0.05) is 17.8 Å². The first kappa shape index (κ1) is 17.9. The molecule has 0 aromatic heterocycles. The zero-order chi connectivity index (χ0) is 15.6. The van der Waals surface area contributed by atoms with Crippen LogP contribution in [0.1, 0.15) is 53.4 Å². The zero-order valence-corrected chi connectivity index (χ0v) is 14.5. The fraction of sp³-hybridized carbons (Fsp3) is 1.00. The summed E-state index contributed by atoms with van der Waals surface area (Å²) in [5.74, 6) is 0.305. The van der Waals surface area contributed by atoms with Crippen molar-refractivity contribution in [3.05, 3.63) is 0 Å². The quantitative estimate of drug-likeness (QED) is 0.815. The summed E-state index contributed by atoms with van der Waals surface area (Å²) < 4.78 is 23.6. The third-order valence-electron chi connectivity index (χ3n) is 5.17. The molecular weight excluding hydrogens is 272 g/mol. The summed E-state index contributed by atoms with van der Waals surface area (Å²) in [4.78, 5) is 2.38. The van der Waals surface area contributed by atoms with E-state index in [2.05, 4.69) is 32.6 Å². The van der Waals surface area contributed by atoms with E-state index in [-0.39, 0.29) is 16.8 Å². The van der Waals surface area contributed by atoms with E-state index in [4.69, 9.17) is 5.73 Å². The van der Waals surface area contributed by atoms with Gasteiger partial charge >= 0.3 is 0 Å². The first-order valence-electron chi connectivity index (χ1n) is 7.84. The predicted molar refractivity (Wildman–Crippen MR) is 85.6 cm³/mol. The Balaban J connectivity index is 2.83. The topological polar surface area (TPSA) is 63.4 Å². The van der Waals surface area contributed by atoms with E-state index in [9.17, 15) is 8.42 Å². The van der Waals surface area contributed by atoms with E-state index >= 15 is 0 Å². The Morgan fingerprint density at radius 2 is 1.80 bits per heavy atom. The summed E-state index contributed by atoms with van der Waals surface area (Å²) in [5.41, 5.74) is 6.46. The molecule has 1 rings (SSSR count). The molecule has 120 valence electrons. The second-order valence-electron chi connectivity index (χ2n) is 6.73. The molecular formula is C15H32N2O2S. The first-order chi connectivity index (χ1) is 9.14. The Bertz CT molecular complexity index is 402. The number of likely N-dealkylation sites (N-methyl/N-ethyl adjacent to an activating group) is 1. The Morgan fingerprint density at radius 1 is 1.25 bits per heavy atom. The molecule has 0 heterocycles. The van der Waals surface area contributed by atoms with Gasteiger partial charge in [0.2, 0.25) is 0 Å². The number of hydrogen-bond acceptors (Lipinski definition) is 4. The Kier molecular flexibility index (Phi) is 6.05. The van der Waals surface area contributed by atoms with Crippen LogP contribution in [0.2, 0.25) is 0 Å². The van der Waals surface area contributed by atoms with Crippen LogP contribution in [0.3, 0.4) is 0 Å². The van der Waals surface area contributed by atoms with Gasteiger partial charge in [0.15, 0.2) is 0 Å². The summed E-state index contributed by atoms with van der Waals surface area (Å²) in [5, 5.41) is -0.195. The van der Waals surface area contributed by atoms with Gasteiger partial charge < -0.3 is 5.73 Å². The maximum absolute atomic E-state index is 11.8. The second-order valence-corrected chi connectivity index (χ2v) is 9.06. The highest BCUT2D eigenvalue weighted by Gasteiger charge is 2.40. The van der Waals surface area contributed by atoms with Crippen LogP contribution in [0.4, 0.5) is 0 Å². The summed E-state index contributed by atoms with van der Waals surface area (Å²) in [6, 6.07) is 0.0203. The molecule has 0 aliphatic heterocycles. The van der Waals surface area contributed by atoms with Crippen molar-refractivity contribution in [1.82, 2.24) is 4.90 Å². The fourth-order valence-electron chi connectivity index (χ4n) is 3.72. The maximum Gasteiger partial charge on any atom is 0.150 e. The number of rotatable bonds is 6. The average Bonchev–Trinajstić information content (AvgIpc) is 2.38.